The van der Waals surface area contributed by atoms with E-state index in [0.717, 1.165) is 6.42 Å². The topological polar surface area (TPSA) is 184 Å². The summed E-state index contributed by atoms with van der Waals surface area (Å²) in [5.41, 5.74) is 3.50. The zero-order chi connectivity index (χ0) is 66.8. The molecule has 0 aliphatic heterocycles. The summed E-state index contributed by atoms with van der Waals surface area (Å²) in [7, 11) is 7.33. The smallest absolute Gasteiger partial charge is 0.163 e. The van der Waals surface area contributed by atoms with Crippen molar-refractivity contribution in [2.75, 3.05) is 61.9 Å². The molecule has 0 aliphatic rings. The Bertz CT molecular complexity index is 3640. The van der Waals surface area contributed by atoms with Crippen molar-refractivity contribution in [2.45, 2.75) is 76.8 Å². The van der Waals surface area contributed by atoms with Gasteiger partial charge in [0.05, 0.1) is 80.9 Å². The highest BCUT2D eigenvalue weighted by atomic mass is 35.5. The Labute approximate surface area is 539 Å². The van der Waals surface area contributed by atoms with Crippen molar-refractivity contribution in [2.24, 2.45) is 5.73 Å². The number of carbonyl (C=O) groups excluding carboxylic acids is 2. The number of hydrogen-bond donors (Lipinski definition) is 2. The third kappa shape index (κ3) is 18.8. The number of Topliss-reactive ketones (excluding diaryl/α,β-unsaturated/α-hetero) is 2. The largest absolute Gasteiger partial charge is 0.494 e. The minimum Gasteiger partial charge on any atom is -0.494 e. The first-order chi connectivity index (χ1) is 43.3. The minimum absolute atomic E-state index is 0.0383. The van der Waals surface area contributed by atoms with Gasteiger partial charge in [-0.1, -0.05) is 41.7 Å². The fourth-order valence-corrected chi connectivity index (χ4v) is 9.43. The third-order valence-electron chi connectivity index (χ3n) is 14.2. The van der Waals surface area contributed by atoms with Crippen molar-refractivity contribution in [3.63, 3.8) is 0 Å². The Kier molecular flexibility index (Phi) is 25.9. The van der Waals surface area contributed by atoms with Gasteiger partial charge in [-0.2, -0.15) is 0 Å². The highest BCUT2D eigenvalue weighted by molar-refractivity contribution is 6.31. The van der Waals surface area contributed by atoms with Crippen molar-refractivity contribution in [3.8, 4) is 74.0 Å². The summed E-state index contributed by atoms with van der Waals surface area (Å²) in [6.45, 7) is 6.33. The number of aliphatic hydroxyl groups is 1. The average molecular weight is 1320 g/mol. The fourth-order valence-electron chi connectivity index (χ4n) is 8.89. The predicted molar refractivity (Wildman–Crippen MR) is 339 cm³/mol. The minimum atomic E-state index is -1.94. The number of alkyl halides is 3. The van der Waals surface area contributed by atoms with Crippen LogP contribution in [0.4, 0.5) is 26.3 Å². The second kappa shape index (κ2) is 32.7. The molecule has 8 aromatic rings. The number of aliphatic hydroxyl groups excluding tert-OH is 1. The van der Waals surface area contributed by atoms with Crippen molar-refractivity contribution >= 4 is 46.4 Å². The monoisotopic (exact) mass is 1320 g/mol. The van der Waals surface area contributed by atoms with Crippen LogP contribution in [0.5, 0.6) is 40.2 Å². The van der Waals surface area contributed by atoms with E-state index < -0.39 is 34.5 Å². The molecule has 0 spiro atoms. The fraction of sp³-hybridized carbons (Fsp3) is 0.309. The first-order valence-corrected chi connectivity index (χ1v) is 29.5. The third-order valence-corrected chi connectivity index (χ3v) is 15.1. The number of ether oxygens (including phenoxy) is 7. The first-order valence-electron chi connectivity index (χ1n) is 28.4. The number of aromatic nitrogens is 3. The lowest BCUT2D eigenvalue weighted by Gasteiger charge is -2.21. The van der Waals surface area contributed by atoms with E-state index in [1.807, 2.05) is 6.92 Å². The van der Waals surface area contributed by atoms with Gasteiger partial charge in [0.2, 0.25) is 0 Å². The molecular weight excluding hydrogens is 1250 g/mol. The molecule has 3 atom stereocenters. The Morgan fingerprint density at radius 2 is 0.780 bits per heavy atom. The van der Waals surface area contributed by atoms with Crippen LogP contribution in [-0.2, 0) is 17.0 Å². The number of nitrogens with zero attached hydrogens (tertiary/aromatic N) is 3. The van der Waals surface area contributed by atoms with Crippen LogP contribution in [0.25, 0.3) is 33.8 Å². The lowest BCUT2D eigenvalue weighted by Crippen LogP contribution is -2.27. The van der Waals surface area contributed by atoms with Gasteiger partial charge in [0.25, 0.3) is 0 Å². The van der Waals surface area contributed by atoms with E-state index in [1.165, 1.54) is 135 Å². The van der Waals surface area contributed by atoms with Gasteiger partial charge in [0.15, 0.2) is 40.2 Å². The van der Waals surface area contributed by atoms with Crippen LogP contribution in [0.3, 0.4) is 0 Å². The second-order valence-corrected chi connectivity index (χ2v) is 22.1. The van der Waals surface area contributed by atoms with Crippen LogP contribution in [-0.4, -0.2) is 93.5 Å². The molecule has 23 heteroatoms. The van der Waals surface area contributed by atoms with Crippen molar-refractivity contribution in [1.82, 2.24) is 15.0 Å². The molecule has 3 aromatic heterocycles. The average Bonchev–Trinajstić information content (AvgIpc) is 1.16. The van der Waals surface area contributed by atoms with Gasteiger partial charge in [-0.15, -0.1) is 0 Å². The summed E-state index contributed by atoms with van der Waals surface area (Å²) < 4.78 is 124. The molecule has 0 fully saturated rings. The first kappa shape index (κ1) is 71.9. The summed E-state index contributed by atoms with van der Waals surface area (Å²) >= 11 is 17.6. The molecule has 484 valence electrons. The molecule has 0 saturated heterocycles. The van der Waals surface area contributed by atoms with E-state index in [1.54, 1.807) is 48.5 Å². The molecule has 3 N–H and O–H groups in total. The van der Waals surface area contributed by atoms with Crippen LogP contribution in [0.15, 0.2) is 127 Å². The Balaban J connectivity index is 0.000000224. The molecule has 3 unspecified atom stereocenters. The Hall–Kier alpha value is -8.14. The number of ketones is 2. The normalized spacial score (nSPS) is 12.9. The van der Waals surface area contributed by atoms with Gasteiger partial charge in [-0.25, -0.2) is 41.3 Å². The maximum absolute atomic E-state index is 15.7. The van der Waals surface area contributed by atoms with Crippen LogP contribution in [0.2, 0.25) is 15.1 Å². The zero-order valence-corrected chi connectivity index (χ0v) is 53.7. The van der Waals surface area contributed by atoms with Crippen LogP contribution in [0, 0.1) is 17.5 Å². The zero-order valence-electron chi connectivity index (χ0n) is 51.4. The lowest BCUT2D eigenvalue weighted by molar-refractivity contribution is 0.0924. The maximum Gasteiger partial charge on any atom is 0.163 e. The number of rotatable bonds is 26. The number of nitrogens with two attached hydrogens (primary N) is 1. The van der Waals surface area contributed by atoms with Gasteiger partial charge in [-0.3, -0.25) is 9.59 Å². The van der Waals surface area contributed by atoms with E-state index in [4.69, 9.17) is 78.8 Å². The van der Waals surface area contributed by atoms with Crippen molar-refractivity contribution in [1.29, 1.82) is 0 Å². The van der Waals surface area contributed by atoms with Gasteiger partial charge < -0.3 is 44.0 Å². The van der Waals surface area contributed by atoms with Gasteiger partial charge >= 0.3 is 0 Å². The van der Waals surface area contributed by atoms with Gasteiger partial charge in [0, 0.05) is 47.2 Å². The van der Waals surface area contributed by atoms with Crippen LogP contribution in [0.1, 0.15) is 97.6 Å². The maximum atomic E-state index is 15.7. The standard InChI is InChI=1S/C27H28ClF2NO4.C26H26ClF2NO5.C15H15ClF2N2O/c1-5-14-35-22-9-7-17(16-24(22)34-4)21(32)12-13-27(2,30)25-11-10-23(33-3)26(31-25)18-6-8-20(29)19(28)15-18;1-26(29,11-10-20(32)16-5-7-21(35-13-12-31)23(15-16)34-3)24-9-8-22(33-2)25(30-24)17-4-6-19(28)18(27)14-17;1-15(18,8-19)13-6-5-12(21-2)14(20-13)9-3-4-11(17)10(16)7-9/h6-11,15-16H,5,12-14H2,1-4H3;4-9,14-15,31H,10-13H2,1-3H3;3-7H,8,19H2,1-2H3. The highest BCUT2D eigenvalue weighted by Gasteiger charge is 2.32. The molecule has 91 heavy (non-hydrogen) atoms. The van der Waals surface area contributed by atoms with E-state index in [9.17, 15) is 27.2 Å². The lowest BCUT2D eigenvalue weighted by atomic mass is 9.93. The number of methoxy groups -OCH3 is 5. The summed E-state index contributed by atoms with van der Waals surface area (Å²) in [5.74, 6) is 0.750. The van der Waals surface area contributed by atoms with Crippen LogP contribution < -0.4 is 38.9 Å². The highest BCUT2D eigenvalue weighted by Crippen LogP contribution is 2.40. The predicted octanol–water partition coefficient (Wildman–Crippen LogP) is 16.7. The second-order valence-electron chi connectivity index (χ2n) is 20.9. The SMILES string of the molecule is CCCOc1ccc(C(=O)CCC(C)(F)c2ccc(OC)c(-c3ccc(F)c(Cl)c3)n2)cc1OC.COc1cc(C(=O)CCC(C)(F)c2ccc(OC)c(-c3ccc(F)c(Cl)c3)n2)ccc1OCCO.COc1ccc(C(C)(F)CN)nc1-c1ccc(F)c(Cl)c1. The number of pyridine rings is 3. The quantitative estimate of drug-likeness (QED) is 0.0385. The van der Waals surface area contributed by atoms with Crippen LogP contribution >= 0.6 is 34.8 Å². The molecule has 14 nitrogen and oxygen atoms in total. The summed E-state index contributed by atoms with van der Waals surface area (Å²) in [6, 6.07) is 31.2. The number of halogens is 9. The molecular formula is C68H69Cl3F6N4O10. The number of benzene rings is 5. The molecule has 0 bridgehead atoms. The molecule has 0 aliphatic carbocycles. The summed E-state index contributed by atoms with van der Waals surface area (Å²) in [4.78, 5) is 38.7. The summed E-state index contributed by atoms with van der Waals surface area (Å²) in [6.07, 6.45) is 0.494. The van der Waals surface area contributed by atoms with Crippen molar-refractivity contribution < 1.29 is 74.2 Å². The molecule has 0 saturated carbocycles. The van der Waals surface area contributed by atoms with Crippen molar-refractivity contribution in [3.05, 3.63) is 188 Å². The van der Waals surface area contributed by atoms with E-state index in [-0.39, 0.29) is 89.2 Å². The molecule has 5 aromatic carbocycles. The molecule has 0 radical (unpaired) electrons. The van der Waals surface area contributed by atoms with E-state index >= 15 is 8.78 Å². The molecule has 8 rings (SSSR count). The number of carbonyl (C=O) groups is 2. The Morgan fingerprint density at radius 1 is 0.462 bits per heavy atom. The number of hydrogen-bond acceptors (Lipinski definition) is 14. The van der Waals surface area contributed by atoms with Gasteiger partial charge in [-0.05, 0) is 167 Å². The molecule has 3 heterocycles. The van der Waals surface area contributed by atoms with E-state index in [0.29, 0.717) is 91.8 Å². The van der Waals surface area contributed by atoms with E-state index in [2.05, 4.69) is 15.0 Å². The van der Waals surface area contributed by atoms with Gasteiger partial charge in [0.1, 0.15) is 69.7 Å². The molecule has 0 amide bonds. The Morgan fingerprint density at radius 3 is 1.08 bits per heavy atom. The summed E-state index contributed by atoms with van der Waals surface area (Å²) in [5, 5.41) is 8.72.